The van der Waals surface area contributed by atoms with E-state index in [1.165, 1.54) is 57.8 Å². The van der Waals surface area contributed by atoms with Crippen LogP contribution in [0.2, 0.25) is 0 Å². The second-order valence-corrected chi connectivity index (χ2v) is 18.2. The number of allylic oxidation sites excluding steroid dienone is 15. The molecule has 0 aromatic carbocycles. The van der Waals surface area contributed by atoms with Crippen LogP contribution in [0.25, 0.3) is 0 Å². The zero-order valence-electron chi connectivity index (χ0n) is 38.9. The van der Waals surface area contributed by atoms with Crippen molar-refractivity contribution in [1.82, 2.24) is 5.32 Å². The maximum atomic E-state index is 12.8. The minimum Gasteiger partial charge on any atom is -0.387 e. The topological polar surface area (TPSA) is 105 Å². The van der Waals surface area contributed by atoms with E-state index >= 15 is 0 Å². The molecule has 344 valence electrons. The average Bonchev–Trinajstić information content (AvgIpc) is 3.20. The third kappa shape index (κ3) is 43.5. The van der Waals surface area contributed by atoms with E-state index in [0.29, 0.717) is 17.4 Å². The van der Waals surface area contributed by atoms with Gasteiger partial charge in [-0.25, -0.2) is 4.57 Å². The smallest absolute Gasteiger partial charge is 0.387 e. The van der Waals surface area contributed by atoms with E-state index in [9.17, 15) is 19.4 Å². The number of carbonyl (C=O) groups is 1. The van der Waals surface area contributed by atoms with Crippen LogP contribution in [0.1, 0.15) is 168 Å². The van der Waals surface area contributed by atoms with Gasteiger partial charge in [-0.15, -0.1) is 0 Å². The Labute approximate surface area is 369 Å². The van der Waals surface area contributed by atoms with Gasteiger partial charge in [0.2, 0.25) is 5.91 Å². The van der Waals surface area contributed by atoms with Crippen molar-refractivity contribution in [3.05, 3.63) is 97.2 Å². The maximum absolute atomic E-state index is 12.8. The summed E-state index contributed by atoms with van der Waals surface area (Å²) in [6.45, 7) is 4.61. The SMILES string of the molecule is CC/C=C\C/C=C\C/C=C\C/C=C\C/C=C\C/C=C\C/C=C\CCCCCCCCCCCC(=O)NC(COP(=O)(O)OCC[N+](C)(C)C)C(O)/C=C/CCCCCCC. The van der Waals surface area contributed by atoms with Crippen molar-refractivity contribution in [3.63, 3.8) is 0 Å². The summed E-state index contributed by atoms with van der Waals surface area (Å²) in [6, 6.07) is -0.852. The number of quaternary nitrogens is 1. The number of nitrogens with zero attached hydrogens (tertiary/aromatic N) is 1. The molecule has 0 aliphatic rings. The van der Waals surface area contributed by atoms with Gasteiger partial charge in [-0.3, -0.25) is 13.8 Å². The highest BCUT2D eigenvalue weighted by atomic mass is 31.2. The summed E-state index contributed by atoms with van der Waals surface area (Å²) < 4.78 is 23.4. The van der Waals surface area contributed by atoms with E-state index in [2.05, 4.69) is 104 Å². The Morgan fingerprint density at radius 2 is 1.00 bits per heavy atom. The molecular formula is C51H90N2O6P+. The zero-order chi connectivity index (χ0) is 44.3. The van der Waals surface area contributed by atoms with Crippen LogP contribution in [-0.4, -0.2) is 73.4 Å². The van der Waals surface area contributed by atoms with Crippen molar-refractivity contribution in [2.24, 2.45) is 0 Å². The molecule has 0 radical (unpaired) electrons. The molecule has 0 bridgehead atoms. The minimum absolute atomic E-state index is 0.0548. The Bertz CT molecular complexity index is 1290. The van der Waals surface area contributed by atoms with Crippen molar-refractivity contribution in [2.75, 3.05) is 40.9 Å². The summed E-state index contributed by atoms with van der Waals surface area (Å²) in [5.74, 6) is -0.194. The van der Waals surface area contributed by atoms with Gasteiger partial charge in [0.05, 0.1) is 39.9 Å². The van der Waals surface area contributed by atoms with Crippen LogP contribution in [0.5, 0.6) is 0 Å². The predicted molar refractivity (Wildman–Crippen MR) is 258 cm³/mol. The molecule has 0 saturated carbocycles. The molecular weight excluding hydrogens is 768 g/mol. The number of carbonyl (C=O) groups excluding carboxylic acids is 1. The Kier molecular flexibility index (Phi) is 40.0. The third-order valence-corrected chi connectivity index (χ3v) is 10.8. The lowest BCUT2D eigenvalue weighted by Gasteiger charge is -2.25. The van der Waals surface area contributed by atoms with Crippen molar-refractivity contribution >= 4 is 13.7 Å². The summed E-state index contributed by atoms with van der Waals surface area (Å²) in [5, 5.41) is 13.7. The fourth-order valence-electron chi connectivity index (χ4n) is 6.08. The van der Waals surface area contributed by atoms with E-state index in [4.69, 9.17) is 9.05 Å². The fraction of sp³-hybridized carbons (Fsp3) is 0.667. The van der Waals surface area contributed by atoms with Crippen molar-refractivity contribution in [3.8, 4) is 0 Å². The molecule has 0 aromatic heterocycles. The average molecular weight is 858 g/mol. The Morgan fingerprint density at radius 1 is 0.583 bits per heavy atom. The summed E-state index contributed by atoms with van der Waals surface area (Å²) >= 11 is 0. The first kappa shape index (κ1) is 57.4. The number of hydrogen-bond donors (Lipinski definition) is 3. The summed E-state index contributed by atoms with van der Waals surface area (Å²) in [4.78, 5) is 23.0. The normalized spacial score (nSPS) is 15.1. The van der Waals surface area contributed by atoms with Crippen molar-refractivity contribution in [1.29, 1.82) is 0 Å². The molecule has 9 heteroatoms. The molecule has 0 heterocycles. The standard InChI is InChI=1S/C51H89N2O6P/c1-6-8-10-12-14-15-16-17-18-19-20-21-22-23-24-25-26-27-28-29-30-31-32-33-34-35-36-37-39-41-43-45-51(55)52-49(50(54)44-42-40-38-13-11-9-7-2)48-59-60(56,57)58-47-46-53(3,4)5/h8,10,14-15,17-18,20-21,23-24,26-27,29-30,42,44,49-50,54H,6-7,9,11-13,16,19,22,25,28,31-41,43,45-48H2,1-5H3,(H-,52,55,56,57)/p+1/b10-8-,15-14-,18-17-,21-20-,24-23-,27-26-,30-29-,44-42+. The van der Waals surface area contributed by atoms with Gasteiger partial charge in [0.15, 0.2) is 0 Å². The first-order valence-electron chi connectivity index (χ1n) is 23.6. The predicted octanol–water partition coefficient (Wildman–Crippen LogP) is 13.5. The lowest BCUT2D eigenvalue weighted by molar-refractivity contribution is -0.870. The van der Waals surface area contributed by atoms with E-state index in [0.717, 1.165) is 89.9 Å². The summed E-state index contributed by atoms with van der Waals surface area (Å²) in [7, 11) is 1.55. The van der Waals surface area contributed by atoms with E-state index < -0.39 is 20.0 Å². The molecule has 0 aliphatic heterocycles. The van der Waals surface area contributed by atoms with E-state index in [1.807, 2.05) is 27.2 Å². The lowest BCUT2D eigenvalue weighted by atomic mass is 10.1. The number of rotatable bonds is 41. The Morgan fingerprint density at radius 3 is 1.47 bits per heavy atom. The molecule has 0 spiro atoms. The van der Waals surface area contributed by atoms with Gasteiger partial charge in [0.1, 0.15) is 13.2 Å². The lowest BCUT2D eigenvalue weighted by Crippen LogP contribution is -2.45. The monoisotopic (exact) mass is 858 g/mol. The van der Waals surface area contributed by atoms with Gasteiger partial charge < -0.3 is 19.8 Å². The van der Waals surface area contributed by atoms with Crippen LogP contribution >= 0.6 is 7.82 Å². The highest BCUT2D eigenvalue weighted by Crippen LogP contribution is 2.43. The molecule has 60 heavy (non-hydrogen) atoms. The summed E-state index contributed by atoms with van der Waals surface area (Å²) in [5.41, 5.74) is 0. The number of phosphoric ester groups is 1. The van der Waals surface area contributed by atoms with Gasteiger partial charge in [0, 0.05) is 6.42 Å². The van der Waals surface area contributed by atoms with Gasteiger partial charge in [-0.1, -0.05) is 182 Å². The van der Waals surface area contributed by atoms with Crippen LogP contribution in [-0.2, 0) is 18.4 Å². The molecule has 0 aromatic rings. The van der Waals surface area contributed by atoms with Crippen LogP contribution in [0.3, 0.4) is 0 Å². The Hall–Kier alpha value is -2.58. The van der Waals surface area contributed by atoms with E-state index in [-0.39, 0.29) is 19.1 Å². The minimum atomic E-state index is -4.34. The quantitative estimate of drug-likeness (QED) is 0.0245. The molecule has 1 amide bonds. The molecule has 0 fully saturated rings. The number of unbranched alkanes of at least 4 members (excludes halogenated alkanes) is 14. The van der Waals surface area contributed by atoms with Gasteiger partial charge >= 0.3 is 7.82 Å². The largest absolute Gasteiger partial charge is 0.472 e. The molecule has 0 saturated heterocycles. The molecule has 3 atom stereocenters. The molecule has 0 rings (SSSR count). The molecule has 3 unspecified atom stereocenters. The van der Waals surface area contributed by atoms with Crippen LogP contribution in [0, 0.1) is 0 Å². The van der Waals surface area contributed by atoms with Gasteiger partial charge in [0.25, 0.3) is 0 Å². The number of nitrogens with one attached hydrogen (secondary N) is 1. The maximum Gasteiger partial charge on any atom is 0.472 e. The van der Waals surface area contributed by atoms with Crippen LogP contribution < -0.4 is 5.32 Å². The van der Waals surface area contributed by atoms with Gasteiger partial charge in [-0.2, -0.15) is 0 Å². The zero-order valence-corrected chi connectivity index (χ0v) is 39.8. The van der Waals surface area contributed by atoms with Crippen molar-refractivity contribution < 1.29 is 32.9 Å². The number of phosphoric acid groups is 1. The fourth-order valence-corrected chi connectivity index (χ4v) is 6.81. The third-order valence-electron chi connectivity index (χ3n) is 9.81. The van der Waals surface area contributed by atoms with Crippen LogP contribution in [0.15, 0.2) is 97.2 Å². The van der Waals surface area contributed by atoms with Crippen LogP contribution in [0.4, 0.5) is 0 Å². The summed E-state index contributed by atoms with van der Waals surface area (Å²) in [6.07, 6.45) is 59.4. The van der Waals surface area contributed by atoms with Gasteiger partial charge in [-0.05, 0) is 77.0 Å². The molecule has 8 nitrogen and oxygen atoms in total. The number of amides is 1. The van der Waals surface area contributed by atoms with Crippen molar-refractivity contribution in [2.45, 2.75) is 180 Å². The molecule has 3 N–H and O–H groups in total. The second-order valence-electron chi connectivity index (χ2n) is 16.8. The first-order valence-corrected chi connectivity index (χ1v) is 25.1. The highest BCUT2D eigenvalue weighted by Gasteiger charge is 2.27. The number of aliphatic hydroxyl groups excluding tert-OH is 1. The van der Waals surface area contributed by atoms with E-state index in [1.54, 1.807) is 6.08 Å². The number of aliphatic hydroxyl groups is 1. The first-order chi connectivity index (χ1) is 29.0. The number of likely N-dealkylation sites (N-methyl/N-ethyl adjacent to an activating group) is 1. The number of hydrogen-bond acceptors (Lipinski definition) is 5. The second kappa shape index (κ2) is 41.8. The molecule has 0 aliphatic carbocycles. The highest BCUT2D eigenvalue weighted by molar-refractivity contribution is 7.47. The Balaban J connectivity index is 4.10.